The van der Waals surface area contributed by atoms with Gasteiger partial charge in [0.15, 0.2) is 0 Å². The third kappa shape index (κ3) is 5.33. The van der Waals surface area contributed by atoms with E-state index in [1.807, 2.05) is 49.5 Å². The number of nitrogens with zero attached hydrogens (tertiary/aromatic N) is 1. The maximum Gasteiger partial charge on any atom is 0.213 e. The van der Waals surface area contributed by atoms with Crippen molar-refractivity contribution in [2.75, 3.05) is 25.6 Å². The average molecular weight is 332 g/mol. The van der Waals surface area contributed by atoms with E-state index in [-0.39, 0.29) is 6.61 Å². The normalized spacial score (nSPS) is 13.7. The number of hydrogen-bond donors (Lipinski definition) is 3. The first-order chi connectivity index (χ1) is 11.6. The lowest BCUT2D eigenvalue weighted by Gasteiger charge is -2.14. The van der Waals surface area contributed by atoms with Gasteiger partial charge in [0.1, 0.15) is 25.5 Å². The molecule has 6 heteroatoms. The second-order valence-corrected chi connectivity index (χ2v) is 5.24. The third-order valence-electron chi connectivity index (χ3n) is 3.43. The summed E-state index contributed by atoms with van der Waals surface area (Å²) in [6.07, 6.45) is 2.80. The number of anilines is 1. The Bertz CT molecular complexity index is 644. The predicted octanol–water partition coefficient (Wildman–Crippen LogP) is 2.36. The molecule has 2 aromatic rings. The zero-order valence-corrected chi connectivity index (χ0v) is 13.4. The van der Waals surface area contributed by atoms with Crippen molar-refractivity contribution < 1.29 is 19.3 Å². The van der Waals surface area contributed by atoms with Gasteiger partial charge in [0, 0.05) is 25.0 Å². The van der Waals surface area contributed by atoms with Crippen molar-refractivity contribution in [1.29, 1.82) is 0 Å². The van der Waals surface area contributed by atoms with Gasteiger partial charge in [0.05, 0.1) is 0 Å². The fourth-order valence-corrected chi connectivity index (χ4v) is 1.91. The molecule has 0 amide bonds. The molecule has 3 N–H and O–H groups in total. The molecule has 5 nitrogen and oxygen atoms in total. The van der Waals surface area contributed by atoms with Gasteiger partial charge in [-0.25, -0.2) is 9.37 Å². The zero-order chi connectivity index (χ0) is 17.4. The van der Waals surface area contributed by atoms with Gasteiger partial charge in [-0.3, -0.25) is 0 Å². The molecule has 2 unspecified atom stereocenters. The summed E-state index contributed by atoms with van der Waals surface area (Å²) in [5.74, 6) is 0.302. The Kier molecular flexibility index (Phi) is 6.72. The summed E-state index contributed by atoms with van der Waals surface area (Å²) in [7, 11) is 1.87. The van der Waals surface area contributed by atoms with Crippen LogP contribution in [0.5, 0.6) is 5.88 Å². The summed E-state index contributed by atoms with van der Waals surface area (Å²) in [6, 6.07) is 11.5. The monoisotopic (exact) mass is 332 g/mol. The largest absolute Gasteiger partial charge is 0.475 e. The van der Waals surface area contributed by atoms with Gasteiger partial charge in [0.25, 0.3) is 0 Å². The molecule has 2 atom stereocenters. The first-order valence-electron chi connectivity index (χ1n) is 7.59. The number of nitrogens with one attached hydrogen (secondary N) is 1. The highest BCUT2D eigenvalue weighted by atomic mass is 19.1. The van der Waals surface area contributed by atoms with Crippen molar-refractivity contribution in [3.05, 3.63) is 53.7 Å². The van der Waals surface area contributed by atoms with Crippen LogP contribution in [0.1, 0.15) is 11.1 Å². The Morgan fingerprint density at radius 1 is 1.08 bits per heavy atom. The van der Waals surface area contributed by atoms with Crippen molar-refractivity contribution in [2.24, 2.45) is 0 Å². The minimum Gasteiger partial charge on any atom is -0.475 e. The lowest BCUT2D eigenvalue weighted by atomic mass is 10.1. The lowest BCUT2D eigenvalue weighted by Crippen LogP contribution is -2.33. The molecule has 128 valence electrons. The number of pyridine rings is 1. The molecule has 0 aliphatic carbocycles. The Labute approximate surface area is 140 Å². The Hall–Kier alpha value is -2.44. The number of halogens is 1. The average Bonchev–Trinajstić information content (AvgIpc) is 2.65. The fourth-order valence-electron chi connectivity index (χ4n) is 1.91. The van der Waals surface area contributed by atoms with Crippen molar-refractivity contribution in [2.45, 2.75) is 12.2 Å². The number of rotatable bonds is 8. The summed E-state index contributed by atoms with van der Waals surface area (Å²) < 4.78 is 17.4. The summed E-state index contributed by atoms with van der Waals surface area (Å²) >= 11 is 0. The van der Waals surface area contributed by atoms with Gasteiger partial charge >= 0.3 is 0 Å². The second kappa shape index (κ2) is 9.00. The molecule has 1 heterocycles. The molecule has 0 saturated heterocycles. The fraction of sp³-hybridized carbons (Fsp3) is 0.278. The van der Waals surface area contributed by atoms with E-state index in [9.17, 15) is 9.50 Å². The van der Waals surface area contributed by atoms with Gasteiger partial charge in [-0.15, -0.1) is 0 Å². The van der Waals surface area contributed by atoms with E-state index < -0.39 is 18.9 Å². The standard InChI is InChI=1S/C18H21FN2O3/c1-20-15-7-4-13(5-8-15)2-3-14-6-9-18(21-11-14)24-12-17(23)16(22)10-19/h2-9,11,16-17,20,22-23H,10,12H2,1H3. The van der Waals surface area contributed by atoms with Crippen LogP contribution in [0.3, 0.4) is 0 Å². The minimum absolute atomic E-state index is 0.217. The van der Waals surface area contributed by atoms with E-state index in [1.54, 1.807) is 12.3 Å². The number of aromatic nitrogens is 1. The highest BCUT2D eigenvalue weighted by molar-refractivity contribution is 5.70. The molecule has 2 rings (SSSR count). The van der Waals surface area contributed by atoms with Crippen LogP contribution in [0, 0.1) is 0 Å². The van der Waals surface area contributed by atoms with Crippen molar-refractivity contribution in [3.8, 4) is 5.88 Å². The van der Waals surface area contributed by atoms with Gasteiger partial charge in [0.2, 0.25) is 5.88 Å². The van der Waals surface area contributed by atoms with E-state index in [1.165, 1.54) is 0 Å². The third-order valence-corrected chi connectivity index (χ3v) is 3.43. The minimum atomic E-state index is -1.44. The smallest absolute Gasteiger partial charge is 0.213 e. The summed E-state index contributed by atoms with van der Waals surface area (Å²) in [4.78, 5) is 4.11. The molecule has 0 aliphatic rings. The number of benzene rings is 1. The van der Waals surface area contributed by atoms with Gasteiger partial charge in [-0.05, 0) is 29.3 Å². The van der Waals surface area contributed by atoms with E-state index in [4.69, 9.17) is 9.84 Å². The van der Waals surface area contributed by atoms with Crippen LogP contribution in [0.15, 0.2) is 42.6 Å². The lowest BCUT2D eigenvalue weighted by molar-refractivity contribution is -0.0194. The predicted molar refractivity (Wildman–Crippen MR) is 92.6 cm³/mol. The number of aliphatic hydroxyl groups is 2. The van der Waals surface area contributed by atoms with Crippen molar-refractivity contribution in [1.82, 2.24) is 4.98 Å². The van der Waals surface area contributed by atoms with Crippen LogP contribution in [0.2, 0.25) is 0 Å². The zero-order valence-electron chi connectivity index (χ0n) is 13.4. The van der Waals surface area contributed by atoms with E-state index in [2.05, 4.69) is 10.3 Å². The van der Waals surface area contributed by atoms with Gasteiger partial charge < -0.3 is 20.3 Å². The molecule has 0 bridgehead atoms. The molecule has 1 aromatic heterocycles. The summed E-state index contributed by atoms with van der Waals surface area (Å²) in [5, 5.41) is 21.6. The van der Waals surface area contributed by atoms with Gasteiger partial charge in [-0.2, -0.15) is 0 Å². The maximum absolute atomic E-state index is 12.2. The molecule has 0 spiro atoms. The first kappa shape index (κ1) is 17.9. The van der Waals surface area contributed by atoms with Crippen LogP contribution in [-0.2, 0) is 0 Å². The van der Waals surface area contributed by atoms with Crippen LogP contribution in [0.25, 0.3) is 12.2 Å². The Balaban J connectivity index is 1.90. The molecule has 0 fully saturated rings. The summed E-state index contributed by atoms with van der Waals surface area (Å²) in [6.45, 7) is -1.23. The summed E-state index contributed by atoms with van der Waals surface area (Å²) in [5.41, 5.74) is 3.01. The highest BCUT2D eigenvalue weighted by Crippen LogP contribution is 2.14. The van der Waals surface area contributed by atoms with E-state index >= 15 is 0 Å². The van der Waals surface area contributed by atoms with Crippen LogP contribution in [0.4, 0.5) is 10.1 Å². The highest BCUT2D eigenvalue weighted by Gasteiger charge is 2.16. The quantitative estimate of drug-likeness (QED) is 0.692. The molecule has 0 radical (unpaired) electrons. The molecule has 0 saturated carbocycles. The van der Waals surface area contributed by atoms with Crippen molar-refractivity contribution >= 4 is 17.8 Å². The molecular formula is C18H21FN2O3. The SMILES string of the molecule is CNc1ccc(C=Cc2ccc(OCC(O)C(O)CF)nc2)cc1. The van der Waals surface area contributed by atoms with Crippen molar-refractivity contribution in [3.63, 3.8) is 0 Å². The maximum atomic E-state index is 12.2. The Morgan fingerprint density at radius 2 is 1.75 bits per heavy atom. The molecule has 24 heavy (non-hydrogen) atoms. The van der Waals surface area contributed by atoms with Crippen LogP contribution >= 0.6 is 0 Å². The van der Waals surface area contributed by atoms with E-state index in [0.29, 0.717) is 5.88 Å². The molecule has 1 aromatic carbocycles. The van der Waals surface area contributed by atoms with Crippen LogP contribution < -0.4 is 10.1 Å². The molecular weight excluding hydrogens is 311 g/mol. The number of hydrogen-bond acceptors (Lipinski definition) is 5. The van der Waals surface area contributed by atoms with Gasteiger partial charge in [-0.1, -0.05) is 24.3 Å². The first-order valence-corrected chi connectivity index (χ1v) is 7.59. The number of aliphatic hydroxyl groups excluding tert-OH is 2. The topological polar surface area (TPSA) is 74.6 Å². The Morgan fingerprint density at radius 3 is 2.33 bits per heavy atom. The van der Waals surface area contributed by atoms with Crippen LogP contribution in [-0.4, -0.2) is 47.7 Å². The van der Waals surface area contributed by atoms with E-state index in [0.717, 1.165) is 16.8 Å². The number of alkyl halides is 1. The second-order valence-electron chi connectivity index (χ2n) is 5.24. The molecule has 0 aliphatic heterocycles. The number of ether oxygens (including phenoxy) is 1.